The van der Waals surface area contributed by atoms with Crippen LogP contribution >= 0.6 is 0 Å². The number of piperidine rings is 1. The molecule has 1 aromatic rings. The molecule has 2 aliphatic carbocycles. The van der Waals surface area contributed by atoms with Gasteiger partial charge in [-0.05, 0) is 94.9 Å². The van der Waals surface area contributed by atoms with Crippen LogP contribution in [0.15, 0.2) is 18.2 Å². The van der Waals surface area contributed by atoms with Gasteiger partial charge in [-0.25, -0.2) is 0 Å². The molecular weight excluding hydrogens is 390 g/mol. The van der Waals surface area contributed by atoms with E-state index in [1.807, 2.05) is 6.92 Å². The molecule has 0 unspecified atom stereocenters. The summed E-state index contributed by atoms with van der Waals surface area (Å²) in [6, 6.07) is 7.22. The summed E-state index contributed by atoms with van der Waals surface area (Å²) in [5.41, 5.74) is 1.32. The van der Waals surface area contributed by atoms with Crippen molar-refractivity contribution in [3.05, 3.63) is 23.8 Å². The fraction of sp³-hybridized carbons (Fsp3) is 0.731. The van der Waals surface area contributed by atoms with Crippen molar-refractivity contribution in [1.29, 1.82) is 0 Å². The number of carbonyl (C=O) groups excluding carboxylic acids is 1. The van der Waals surface area contributed by atoms with Crippen LogP contribution in [0.2, 0.25) is 0 Å². The summed E-state index contributed by atoms with van der Waals surface area (Å²) in [5, 5.41) is 0. The van der Waals surface area contributed by atoms with Gasteiger partial charge in [0.1, 0.15) is 17.1 Å². The molecule has 1 aromatic carbocycles. The maximum Gasteiger partial charge on any atom is 0.308 e. The van der Waals surface area contributed by atoms with Crippen molar-refractivity contribution >= 4 is 5.97 Å². The number of hydrogen-bond donors (Lipinski definition) is 0. The first-order valence-electron chi connectivity index (χ1n) is 12.5. The number of carbonyl (C=O) groups is 1. The van der Waals surface area contributed by atoms with Crippen molar-refractivity contribution in [3.63, 3.8) is 0 Å². The molecule has 1 spiro atoms. The number of hydrogen-bond acceptors (Lipinski definition) is 5. The van der Waals surface area contributed by atoms with Gasteiger partial charge in [0.15, 0.2) is 0 Å². The van der Waals surface area contributed by atoms with Crippen LogP contribution in [0.25, 0.3) is 0 Å². The summed E-state index contributed by atoms with van der Waals surface area (Å²) in [4.78, 5) is 14.6. The summed E-state index contributed by atoms with van der Waals surface area (Å²) in [6.45, 7) is 4.71. The Morgan fingerprint density at radius 2 is 1.87 bits per heavy atom. The topological polar surface area (TPSA) is 48.0 Å². The fourth-order valence-corrected chi connectivity index (χ4v) is 5.84. The normalized spacial score (nSPS) is 28.3. The van der Waals surface area contributed by atoms with Gasteiger partial charge < -0.3 is 19.1 Å². The number of aryl methyl sites for hydroxylation is 1. The first kappa shape index (κ1) is 21.1. The van der Waals surface area contributed by atoms with E-state index in [2.05, 4.69) is 23.1 Å². The quantitative estimate of drug-likeness (QED) is 0.626. The van der Waals surface area contributed by atoms with Crippen LogP contribution < -0.4 is 9.47 Å². The van der Waals surface area contributed by atoms with Gasteiger partial charge in [-0.1, -0.05) is 6.42 Å². The molecule has 170 valence electrons. The minimum absolute atomic E-state index is 0.0423. The van der Waals surface area contributed by atoms with E-state index in [4.69, 9.17) is 14.2 Å². The molecule has 4 aliphatic rings. The Balaban J connectivity index is 1.14. The second-order valence-electron chi connectivity index (χ2n) is 10.0. The lowest BCUT2D eigenvalue weighted by molar-refractivity contribution is -0.149. The van der Waals surface area contributed by atoms with E-state index in [1.165, 1.54) is 37.9 Å². The highest BCUT2D eigenvalue weighted by Crippen LogP contribution is 2.42. The van der Waals surface area contributed by atoms with Gasteiger partial charge in [0, 0.05) is 19.1 Å². The molecule has 0 bridgehead atoms. The molecule has 31 heavy (non-hydrogen) atoms. The van der Waals surface area contributed by atoms with Crippen molar-refractivity contribution in [3.8, 4) is 11.5 Å². The maximum absolute atomic E-state index is 11.9. The Bertz CT molecular complexity index is 774. The lowest BCUT2D eigenvalue weighted by Crippen LogP contribution is -2.53. The van der Waals surface area contributed by atoms with E-state index in [0.717, 1.165) is 68.9 Å². The number of fused-ring (bicyclic) bond motifs is 1. The molecule has 2 saturated carbocycles. The van der Waals surface area contributed by atoms with Crippen LogP contribution in [0, 0.1) is 5.92 Å². The number of esters is 1. The Hall–Kier alpha value is -1.75. The van der Waals surface area contributed by atoms with Crippen molar-refractivity contribution < 1.29 is 19.0 Å². The third-order valence-corrected chi connectivity index (χ3v) is 8.11. The van der Waals surface area contributed by atoms with Crippen LogP contribution in [0.4, 0.5) is 0 Å². The first-order valence-corrected chi connectivity index (χ1v) is 12.5. The molecule has 0 radical (unpaired) electrons. The minimum Gasteiger partial charge on any atom is -0.490 e. The van der Waals surface area contributed by atoms with Crippen LogP contribution in [-0.4, -0.2) is 48.3 Å². The van der Waals surface area contributed by atoms with Gasteiger partial charge in [0.25, 0.3) is 0 Å². The monoisotopic (exact) mass is 427 g/mol. The van der Waals surface area contributed by atoms with Gasteiger partial charge in [-0.15, -0.1) is 0 Å². The Labute approximate surface area is 186 Å². The van der Waals surface area contributed by atoms with Gasteiger partial charge >= 0.3 is 5.97 Å². The van der Waals surface area contributed by atoms with Crippen molar-refractivity contribution in [2.24, 2.45) is 5.92 Å². The van der Waals surface area contributed by atoms with E-state index < -0.39 is 0 Å². The molecule has 0 N–H and O–H groups in total. The summed E-state index contributed by atoms with van der Waals surface area (Å²) in [7, 11) is 0. The zero-order valence-electron chi connectivity index (χ0n) is 18.9. The number of likely N-dealkylation sites (tertiary alicyclic amines) is 1. The van der Waals surface area contributed by atoms with Crippen molar-refractivity contribution in [2.75, 3.05) is 19.7 Å². The maximum atomic E-state index is 11.9. The van der Waals surface area contributed by atoms with Crippen LogP contribution in [0.5, 0.6) is 11.5 Å². The molecule has 5 heteroatoms. The van der Waals surface area contributed by atoms with Crippen LogP contribution in [0.3, 0.4) is 0 Å². The van der Waals surface area contributed by atoms with E-state index in [1.54, 1.807) is 0 Å². The van der Waals surface area contributed by atoms with E-state index in [0.29, 0.717) is 6.61 Å². The summed E-state index contributed by atoms with van der Waals surface area (Å²) >= 11 is 0. The molecule has 0 amide bonds. The molecule has 0 aromatic heterocycles. The molecular formula is C26H37NO4. The predicted molar refractivity (Wildman–Crippen MR) is 120 cm³/mol. The zero-order valence-corrected chi connectivity index (χ0v) is 18.9. The third kappa shape index (κ3) is 4.57. The van der Waals surface area contributed by atoms with E-state index >= 15 is 0 Å². The minimum atomic E-state index is -0.0423. The van der Waals surface area contributed by atoms with Crippen LogP contribution in [-0.2, 0) is 16.0 Å². The molecule has 3 fully saturated rings. The fourth-order valence-electron chi connectivity index (χ4n) is 5.84. The number of rotatable bonds is 5. The van der Waals surface area contributed by atoms with Gasteiger partial charge in [-0.2, -0.15) is 0 Å². The Kier molecular flexibility index (Phi) is 6.14. The van der Waals surface area contributed by atoms with Crippen molar-refractivity contribution in [1.82, 2.24) is 4.90 Å². The second-order valence-corrected chi connectivity index (χ2v) is 10.0. The average Bonchev–Trinajstić information content (AvgIpc) is 2.75. The molecule has 5 rings (SSSR count). The average molecular weight is 428 g/mol. The molecule has 5 nitrogen and oxygen atoms in total. The summed E-state index contributed by atoms with van der Waals surface area (Å²) in [5.74, 6) is 2.00. The molecule has 2 aliphatic heterocycles. The highest BCUT2D eigenvalue weighted by molar-refractivity contribution is 5.72. The standard InChI is InChI=1S/C26H37NO4/c1-2-29-25(28)19-6-8-22(9-7-19)30-23-10-11-24-20(18-23)12-13-26(31-24)14-16-27(17-15-26)21-4-3-5-21/h10-11,18-19,21-22H,2-9,12-17H2,1H3. The molecule has 2 heterocycles. The predicted octanol–water partition coefficient (Wildman–Crippen LogP) is 4.90. The Morgan fingerprint density at radius 3 is 2.55 bits per heavy atom. The Morgan fingerprint density at radius 1 is 1.10 bits per heavy atom. The SMILES string of the molecule is CCOC(=O)C1CCC(Oc2ccc3c(c2)CCC2(CCN(C4CCC4)CC2)O3)CC1. The molecule has 0 atom stereocenters. The van der Waals surface area contributed by atoms with Crippen LogP contribution in [0.1, 0.15) is 76.7 Å². The smallest absolute Gasteiger partial charge is 0.308 e. The van der Waals surface area contributed by atoms with Crippen molar-refractivity contribution in [2.45, 2.75) is 95.3 Å². The van der Waals surface area contributed by atoms with Gasteiger partial charge in [0.05, 0.1) is 18.6 Å². The zero-order chi connectivity index (χ0) is 21.3. The highest BCUT2D eigenvalue weighted by Gasteiger charge is 2.41. The molecule has 1 saturated heterocycles. The van der Waals surface area contributed by atoms with E-state index in [9.17, 15) is 4.79 Å². The second kappa shape index (κ2) is 9.01. The number of nitrogens with zero attached hydrogens (tertiary/aromatic N) is 1. The number of benzene rings is 1. The third-order valence-electron chi connectivity index (χ3n) is 8.11. The summed E-state index contributed by atoms with van der Waals surface area (Å²) < 4.78 is 18.1. The summed E-state index contributed by atoms with van der Waals surface area (Å²) in [6.07, 6.45) is 12.4. The highest BCUT2D eigenvalue weighted by atomic mass is 16.5. The lowest BCUT2D eigenvalue weighted by Gasteiger charge is -2.48. The van der Waals surface area contributed by atoms with Gasteiger partial charge in [0.2, 0.25) is 0 Å². The lowest BCUT2D eigenvalue weighted by atomic mass is 9.81. The largest absolute Gasteiger partial charge is 0.490 e. The number of ether oxygens (including phenoxy) is 3. The van der Waals surface area contributed by atoms with E-state index in [-0.39, 0.29) is 23.6 Å². The van der Waals surface area contributed by atoms with Gasteiger partial charge in [-0.3, -0.25) is 4.79 Å². The first-order chi connectivity index (χ1) is 15.1.